The van der Waals surface area contributed by atoms with Crippen LogP contribution >= 0.6 is 0 Å². The van der Waals surface area contributed by atoms with Crippen molar-refractivity contribution < 1.29 is 9.18 Å². The van der Waals surface area contributed by atoms with Gasteiger partial charge in [-0.25, -0.2) is 9.37 Å². The first-order valence-electron chi connectivity index (χ1n) is 6.63. The molecule has 1 fully saturated rings. The highest BCUT2D eigenvalue weighted by molar-refractivity contribution is 5.81. The minimum Gasteiger partial charge on any atom is -0.353 e. The van der Waals surface area contributed by atoms with Gasteiger partial charge in [-0.2, -0.15) is 0 Å². The van der Waals surface area contributed by atoms with Gasteiger partial charge in [-0.15, -0.1) is 0 Å². The molecular weight excluding hydrogens is 245 g/mol. The smallest absolute Gasteiger partial charge is 0.257 e. The van der Waals surface area contributed by atoms with Crippen LogP contribution in [0.1, 0.15) is 20.8 Å². The summed E-state index contributed by atoms with van der Waals surface area (Å²) in [5, 5.41) is 0. The van der Waals surface area contributed by atoms with E-state index < -0.39 is 12.1 Å². The molecule has 0 spiro atoms. The summed E-state index contributed by atoms with van der Waals surface area (Å²) < 4.78 is 13.2. The number of pyridine rings is 1. The molecule has 1 aliphatic heterocycles. The highest BCUT2D eigenvalue weighted by Crippen LogP contribution is 2.21. The van der Waals surface area contributed by atoms with Gasteiger partial charge in [-0.1, -0.05) is 6.07 Å². The average Bonchev–Trinajstić information content (AvgIpc) is 2.38. The molecular formula is C14H20FN3O. The molecule has 2 rings (SSSR count). The molecule has 1 aromatic rings. The van der Waals surface area contributed by atoms with Crippen molar-refractivity contribution in [2.24, 2.45) is 0 Å². The summed E-state index contributed by atoms with van der Waals surface area (Å²) in [5.41, 5.74) is 0. The summed E-state index contributed by atoms with van der Waals surface area (Å²) in [6.45, 7) is 6.56. The highest BCUT2D eigenvalue weighted by atomic mass is 19.1. The van der Waals surface area contributed by atoms with Crippen LogP contribution < -0.4 is 4.90 Å². The second-order valence-electron chi connectivity index (χ2n) is 5.15. The van der Waals surface area contributed by atoms with E-state index in [1.807, 2.05) is 32.0 Å². The summed E-state index contributed by atoms with van der Waals surface area (Å²) in [6, 6.07) is 5.74. The Balaban J connectivity index is 2.12. The largest absolute Gasteiger partial charge is 0.353 e. The molecule has 0 radical (unpaired) electrons. The molecule has 3 unspecified atom stereocenters. The molecule has 0 bridgehead atoms. The maximum atomic E-state index is 13.2. The second kappa shape index (κ2) is 5.55. The van der Waals surface area contributed by atoms with Gasteiger partial charge in [0.1, 0.15) is 5.82 Å². The van der Waals surface area contributed by atoms with Crippen molar-refractivity contribution in [1.29, 1.82) is 0 Å². The molecule has 2 heterocycles. The number of carbonyl (C=O) groups is 1. The zero-order valence-electron chi connectivity index (χ0n) is 11.6. The Morgan fingerprint density at radius 1 is 1.37 bits per heavy atom. The number of carbonyl (C=O) groups excluding carboxylic acids is 1. The Bertz CT molecular complexity index is 426. The molecule has 0 N–H and O–H groups in total. The lowest BCUT2D eigenvalue weighted by Gasteiger charge is -2.45. The average molecular weight is 265 g/mol. The van der Waals surface area contributed by atoms with Gasteiger partial charge in [0.05, 0.1) is 0 Å². The Hall–Kier alpha value is -1.65. The lowest BCUT2D eigenvalue weighted by Crippen LogP contribution is -2.60. The number of amides is 1. The number of piperazine rings is 1. The van der Waals surface area contributed by atoms with Gasteiger partial charge in [0.25, 0.3) is 5.91 Å². The van der Waals surface area contributed by atoms with E-state index in [1.54, 1.807) is 11.1 Å². The van der Waals surface area contributed by atoms with Crippen LogP contribution in [0.5, 0.6) is 0 Å². The van der Waals surface area contributed by atoms with Gasteiger partial charge >= 0.3 is 0 Å². The molecule has 0 aliphatic carbocycles. The van der Waals surface area contributed by atoms with Crippen LogP contribution in [0.4, 0.5) is 10.2 Å². The molecule has 104 valence electrons. The number of nitrogens with zero attached hydrogens (tertiary/aromatic N) is 3. The van der Waals surface area contributed by atoms with Crippen molar-refractivity contribution in [2.45, 2.75) is 39.0 Å². The number of hydrogen-bond donors (Lipinski definition) is 0. The predicted molar refractivity (Wildman–Crippen MR) is 72.8 cm³/mol. The zero-order valence-corrected chi connectivity index (χ0v) is 11.6. The van der Waals surface area contributed by atoms with E-state index in [-0.39, 0.29) is 12.1 Å². The maximum absolute atomic E-state index is 13.2. The maximum Gasteiger partial charge on any atom is 0.257 e. The van der Waals surface area contributed by atoms with Crippen molar-refractivity contribution in [2.75, 3.05) is 18.0 Å². The van der Waals surface area contributed by atoms with Crippen molar-refractivity contribution in [3.63, 3.8) is 0 Å². The van der Waals surface area contributed by atoms with E-state index in [1.165, 1.54) is 6.92 Å². The minimum atomic E-state index is -1.44. The standard InChI is InChI=1S/C14H20FN3O/c1-10-8-17(13-6-4-5-7-16-13)9-11(2)18(10)14(19)12(3)15/h4-7,10-12H,8-9H2,1-3H3. The fraction of sp³-hybridized carbons (Fsp3) is 0.571. The first-order valence-corrected chi connectivity index (χ1v) is 6.63. The summed E-state index contributed by atoms with van der Waals surface area (Å²) in [4.78, 5) is 20.0. The SMILES string of the molecule is CC(F)C(=O)N1C(C)CN(c2ccccn2)CC1C. The summed E-state index contributed by atoms with van der Waals surface area (Å²) in [5.74, 6) is 0.488. The fourth-order valence-corrected chi connectivity index (χ4v) is 2.69. The van der Waals surface area contributed by atoms with Crippen molar-refractivity contribution >= 4 is 11.7 Å². The molecule has 1 saturated heterocycles. The Labute approximate surface area is 113 Å². The lowest BCUT2D eigenvalue weighted by molar-refractivity contribution is -0.140. The van der Waals surface area contributed by atoms with Gasteiger partial charge in [0.2, 0.25) is 0 Å². The number of hydrogen-bond acceptors (Lipinski definition) is 3. The highest BCUT2D eigenvalue weighted by Gasteiger charge is 2.35. The van der Waals surface area contributed by atoms with Crippen LogP contribution in [0.2, 0.25) is 0 Å². The van der Waals surface area contributed by atoms with Gasteiger partial charge in [0.15, 0.2) is 6.17 Å². The molecule has 0 saturated carbocycles. The number of rotatable bonds is 2. The number of aromatic nitrogens is 1. The normalized spacial score (nSPS) is 25.3. The molecule has 0 aromatic carbocycles. The van der Waals surface area contributed by atoms with Gasteiger partial charge in [0, 0.05) is 31.4 Å². The Morgan fingerprint density at radius 2 is 2.00 bits per heavy atom. The third-order valence-corrected chi connectivity index (χ3v) is 3.49. The third-order valence-electron chi connectivity index (χ3n) is 3.49. The molecule has 3 atom stereocenters. The summed E-state index contributed by atoms with van der Waals surface area (Å²) in [6.07, 6.45) is 0.317. The lowest BCUT2D eigenvalue weighted by atomic mass is 10.1. The van der Waals surface area contributed by atoms with E-state index >= 15 is 0 Å². The van der Waals surface area contributed by atoms with Crippen LogP contribution in [-0.4, -0.2) is 47.1 Å². The molecule has 1 amide bonds. The van der Waals surface area contributed by atoms with E-state index in [9.17, 15) is 9.18 Å². The summed E-state index contributed by atoms with van der Waals surface area (Å²) in [7, 11) is 0. The van der Waals surface area contributed by atoms with Crippen LogP contribution in [-0.2, 0) is 4.79 Å². The second-order valence-corrected chi connectivity index (χ2v) is 5.15. The molecule has 4 nitrogen and oxygen atoms in total. The Morgan fingerprint density at radius 3 is 2.47 bits per heavy atom. The van der Waals surface area contributed by atoms with Gasteiger partial charge < -0.3 is 9.80 Å². The molecule has 19 heavy (non-hydrogen) atoms. The third kappa shape index (κ3) is 2.85. The number of alkyl halides is 1. The van der Waals surface area contributed by atoms with Crippen molar-refractivity contribution in [3.8, 4) is 0 Å². The number of halogens is 1. The first-order chi connectivity index (χ1) is 9.00. The van der Waals surface area contributed by atoms with Crippen LogP contribution in [0.3, 0.4) is 0 Å². The number of anilines is 1. The van der Waals surface area contributed by atoms with Crippen molar-refractivity contribution in [1.82, 2.24) is 9.88 Å². The van der Waals surface area contributed by atoms with E-state index in [0.717, 1.165) is 5.82 Å². The van der Waals surface area contributed by atoms with Crippen LogP contribution in [0.15, 0.2) is 24.4 Å². The molecule has 1 aliphatic rings. The van der Waals surface area contributed by atoms with E-state index in [0.29, 0.717) is 13.1 Å². The first kappa shape index (κ1) is 13.8. The monoisotopic (exact) mass is 265 g/mol. The van der Waals surface area contributed by atoms with Gasteiger partial charge in [-0.05, 0) is 32.9 Å². The predicted octanol–water partition coefficient (Wildman–Crippen LogP) is 1.87. The van der Waals surface area contributed by atoms with Crippen LogP contribution in [0, 0.1) is 0 Å². The topological polar surface area (TPSA) is 36.4 Å². The zero-order chi connectivity index (χ0) is 14.0. The molecule has 5 heteroatoms. The minimum absolute atomic E-state index is 0.0172. The van der Waals surface area contributed by atoms with E-state index in [2.05, 4.69) is 9.88 Å². The van der Waals surface area contributed by atoms with E-state index in [4.69, 9.17) is 0 Å². The molecule has 1 aromatic heterocycles. The Kier molecular flexibility index (Phi) is 4.02. The quantitative estimate of drug-likeness (QED) is 0.819. The van der Waals surface area contributed by atoms with Crippen molar-refractivity contribution in [3.05, 3.63) is 24.4 Å². The fourth-order valence-electron chi connectivity index (χ4n) is 2.69. The van der Waals surface area contributed by atoms with Gasteiger partial charge in [-0.3, -0.25) is 4.79 Å². The summed E-state index contributed by atoms with van der Waals surface area (Å²) >= 11 is 0. The van der Waals surface area contributed by atoms with Crippen LogP contribution in [0.25, 0.3) is 0 Å².